The molecule has 0 saturated heterocycles. The number of hydrogen-bond donors (Lipinski definition) is 1. The smallest absolute Gasteiger partial charge is 0.309 e. The summed E-state index contributed by atoms with van der Waals surface area (Å²) in [5, 5.41) is 9.06. The maximum Gasteiger partial charge on any atom is 0.309 e. The van der Waals surface area contributed by atoms with Gasteiger partial charge in [-0.25, -0.2) is 0 Å². The number of anilines is 1. The molecule has 3 aliphatic rings. The SMILES string of the molecule is O=CN(c1ccccc1)C12CC(C(=O)O)(C1)C2. The molecule has 3 saturated carbocycles. The molecule has 3 aliphatic carbocycles. The van der Waals surface area contributed by atoms with Gasteiger partial charge in [-0.1, -0.05) is 18.2 Å². The van der Waals surface area contributed by atoms with Crippen LogP contribution in [-0.2, 0) is 9.59 Å². The van der Waals surface area contributed by atoms with Gasteiger partial charge in [0.25, 0.3) is 0 Å². The topological polar surface area (TPSA) is 57.6 Å². The summed E-state index contributed by atoms with van der Waals surface area (Å²) in [5.74, 6) is -0.724. The summed E-state index contributed by atoms with van der Waals surface area (Å²) >= 11 is 0. The van der Waals surface area contributed by atoms with Crippen molar-refractivity contribution >= 4 is 18.1 Å². The lowest BCUT2D eigenvalue weighted by Crippen LogP contribution is -2.77. The second kappa shape index (κ2) is 3.09. The first kappa shape index (κ1) is 10.3. The number of carbonyl (C=O) groups is 2. The number of aliphatic carboxylic acids is 1. The van der Waals surface area contributed by atoms with E-state index in [0.717, 1.165) is 12.1 Å². The zero-order valence-electron chi connectivity index (χ0n) is 9.30. The highest BCUT2D eigenvalue weighted by Crippen LogP contribution is 2.70. The molecule has 0 aliphatic heterocycles. The Morgan fingerprint density at radius 2 is 1.82 bits per heavy atom. The van der Waals surface area contributed by atoms with E-state index in [1.54, 1.807) is 4.90 Å². The Bertz CT molecular complexity index is 463. The monoisotopic (exact) mass is 231 g/mol. The molecule has 17 heavy (non-hydrogen) atoms. The summed E-state index contributed by atoms with van der Waals surface area (Å²) in [5.41, 5.74) is 0.0681. The van der Waals surface area contributed by atoms with Crippen LogP contribution in [0.3, 0.4) is 0 Å². The van der Waals surface area contributed by atoms with Crippen LogP contribution in [0, 0.1) is 5.41 Å². The number of nitrogens with zero attached hydrogens (tertiary/aromatic N) is 1. The first-order chi connectivity index (χ1) is 8.12. The molecule has 0 unspecified atom stereocenters. The van der Waals surface area contributed by atoms with Crippen LogP contribution in [0.4, 0.5) is 5.69 Å². The molecule has 1 N–H and O–H groups in total. The molecule has 4 rings (SSSR count). The maximum atomic E-state index is 11.2. The lowest BCUT2D eigenvalue weighted by molar-refractivity contribution is -0.192. The number of amides is 1. The van der Waals surface area contributed by atoms with Crippen LogP contribution in [0.2, 0.25) is 0 Å². The minimum Gasteiger partial charge on any atom is -0.481 e. The van der Waals surface area contributed by atoms with Crippen molar-refractivity contribution in [2.75, 3.05) is 4.90 Å². The number of rotatable bonds is 4. The summed E-state index contributed by atoms with van der Waals surface area (Å²) in [6.45, 7) is 0. The van der Waals surface area contributed by atoms with Crippen LogP contribution in [0.5, 0.6) is 0 Å². The maximum absolute atomic E-state index is 11.2. The van der Waals surface area contributed by atoms with Gasteiger partial charge in [-0.05, 0) is 31.4 Å². The summed E-state index contributed by atoms with van der Waals surface area (Å²) in [4.78, 5) is 23.9. The van der Waals surface area contributed by atoms with Gasteiger partial charge in [0.05, 0.1) is 11.0 Å². The van der Waals surface area contributed by atoms with E-state index in [1.165, 1.54) is 0 Å². The Kier molecular flexibility index (Phi) is 1.88. The molecule has 4 nitrogen and oxygen atoms in total. The normalized spacial score (nSPS) is 33.2. The highest BCUT2D eigenvalue weighted by Gasteiger charge is 2.74. The van der Waals surface area contributed by atoms with E-state index in [4.69, 9.17) is 5.11 Å². The molecule has 0 aromatic heterocycles. The van der Waals surface area contributed by atoms with Crippen molar-refractivity contribution in [3.05, 3.63) is 30.3 Å². The van der Waals surface area contributed by atoms with Crippen molar-refractivity contribution in [2.45, 2.75) is 24.8 Å². The van der Waals surface area contributed by atoms with Gasteiger partial charge in [0, 0.05) is 5.69 Å². The van der Waals surface area contributed by atoms with Gasteiger partial charge >= 0.3 is 5.97 Å². The molecule has 0 heterocycles. The van der Waals surface area contributed by atoms with E-state index in [9.17, 15) is 9.59 Å². The fourth-order valence-corrected chi connectivity index (χ4v) is 3.25. The Balaban J connectivity index is 1.83. The number of benzene rings is 1. The van der Waals surface area contributed by atoms with Crippen LogP contribution < -0.4 is 4.90 Å². The van der Waals surface area contributed by atoms with E-state index in [2.05, 4.69) is 0 Å². The van der Waals surface area contributed by atoms with Crippen molar-refractivity contribution in [1.29, 1.82) is 0 Å². The molecule has 0 spiro atoms. The molecule has 0 atom stereocenters. The number of carboxylic acids is 1. The first-order valence-corrected chi connectivity index (χ1v) is 5.65. The Morgan fingerprint density at radius 1 is 1.24 bits per heavy atom. The van der Waals surface area contributed by atoms with Crippen LogP contribution >= 0.6 is 0 Å². The number of carboxylic acid groups (broad SMARTS) is 1. The molecule has 0 radical (unpaired) electrons. The quantitative estimate of drug-likeness (QED) is 0.802. The average molecular weight is 231 g/mol. The predicted molar refractivity (Wildman–Crippen MR) is 61.6 cm³/mol. The van der Waals surface area contributed by atoms with Crippen molar-refractivity contribution in [2.24, 2.45) is 5.41 Å². The van der Waals surface area contributed by atoms with Crippen LogP contribution in [0.25, 0.3) is 0 Å². The van der Waals surface area contributed by atoms with Crippen LogP contribution in [0.1, 0.15) is 19.3 Å². The number of para-hydroxylation sites is 1. The largest absolute Gasteiger partial charge is 0.481 e. The molecule has 2 bridgehead atoms. The molecule has 1 aromatic carbocycles. The van der Waals surface area contributed by atoms with Gasteiger partial charge in [-0.15, -0.1) is 0 Å². The van der Waals surface area contributed by atoms with E-state index in [-0.39, 0.29) is 5.54 Å². The van der Waals surface area contributed by atoms with Gasteiger partial charge < -0.3 is 10.0 Å². The van der Waals surface area contributed by atoms with Gasteiger partial charge in [0.15, 0.2) is 0 Å². The molecule has 1 aromatic rings. The van der Waals surface area contributed by atoms with Gasteiger partial charge in [-0.3, -0.25) is 9.59 Å². The third kappa shape index (κ3) is 1.18. The van der Waals surface area contributed by atoms with Crippen molar-refractivity contribution < 1.29 is 14.7 Å². The zero-order chi connectivity index (χ0) is 12.1. The van der Waals surface area contributed by atoms with Gasteiger partial charge in [-0.2, -0.15) is 0 Å². The summed E-state index contributed by atoms with van der Waals surface area (Å²) in [6.07, 6.45) is 2.58. The van der Waals surface area contributed by atoms with Crippen LogP contribution in [0.15, 0.2) is 30.3 Å². The minimum absolute atomic E-state index is 0.235. The van der Waals surface area contributed by atoms with Crippen LogP contribution in [-0.4, -0.2) is 23.0 Å². The third-order valence-corrected chi connectivity index (χ3v) is 4.11. The second-order valence-electron chi connectivity index (χ2n) is 5.15. The number of carbonyl (C=O) groups excluding carboxylic acids is 1. The van der Waals surface area contributed by atoms with Gasteiger partial charge in [0.2, 0.25) is 6.41 Å². The fraction of sp³-hybridized carbons (Fsp3) is 0.385. The standard InChI is InChI=1S/C13H13NO3/c15-9-14(10-4-2-1-3-5-10)13-6-12(7-13,8-13)11(16)17/h1-5,9H,6-8H2,(H,16,17). The predicted octanol–water partition coefficient (Wildman–Crippen LogP) is 1.66. The number of hydrogen-bond acceptors (Lipinski definition) is 2. The van der Waals surface area contributed by atoms with E-state index in [0.29, 0.717) is 19.3 Å². The lowest BCUT2D eigenvalue weighted by atomic mass is 9.39. The molecule has 3 fully saturated rings. The Morgan fingerprint density at radius 3 is 2.29 bits per heavy atom. The zero-order valence-corrected chi connectivity index (χ0v) is 9.30. The molecule has 4 heteroatoms. The summed E-state index contributed by atoms with van der Waals surface area (Å²) in [7, 11) is 0. The van der Waals surface area contributed by atoms with E-state index in [1.807, 2.05) is 30.3 Å². The average Bonchev–Trinajstić information content (AvgIpc) is 2.21. The van der Waals surface area contributed by atoms with Crippen molar-refractivity contribution in [1.82, 2.24) is 0 Å². The van der Waals surface area contributed by atoms with E-state index < -0.39 is 11.4 Å². The molecule has 1 amide bonds. The Hall–Kier alpha value is -1.84. The van der Waals surface area contributed by atoms with E-state index >= 15 is 0 Å². The highest BCUT2D eigenvalue weighted by atomic mass is 16.4. The lowest BCUT2D eigenvalue weighted by Gasteiger charge is -2.70. The van der Waals surface area contributed by atoms with Gasteiger partial charge in [0.1, 0.15) is 0 Å². The highest BCUT2D eigenvalue weighted by molar-refractivity contribution is 5.86. The second-order valence-corrected chi connectivity index (χ2v) is 5.15. The molecular weight excluding hydrogens is 218 g/mol. The third-order valence-electron chi connectivity index (χ3n) is 4.11. The Labute approximate surface area is 98.9 Å². The summed E-state index contributed by atoms with van der Waals surface area (Å²) in [6, 6.07) is 9.41. The fourth-order valence-electron chi connectivity index (χ4n) is 3.25. The molecular formula is C13H13NO3. The van der Waals surface area contributed by atoms with Crippen molar-refractivity contribution in [3.8, 4) is 0 Å². The summed E-state index contributed by atoms with van der Waals surface area (Å²) < 4.78 is 0. The molecule has 88 valence electrons. The van der Waals surface area contributed by atoms with Crippen molar-refractivity contribution in [3.63, 3.8) is 0 Å². The minimum atomic E-state index is -0.724. The first-order valence-electron chi connectivity index (χ1n) is 5.65.